The molecule has 1 saturated heterocycles. The van der Waals surface area contributed by atoms with Gasteiger partial charge in [-0.25, -0.2) is 4.79 Å². The number of fused-ring (bicyclic) bond motifs is 3. The van der Waals surface area contributed by atoms with Crippen LogP contribution < -0.4 is 15.0 Å². The summed E-state index contributed by atoms with van der Waals surface area (Å²) in [5.74, 6) is 0.577. The number of amides is 2. The topological polar surface area (TPSA) is 85.7 Å². The summed E-state index contributed by atoms with van der Waals surface area (Å²) in [5.41, 5.74) is 5.17. The Hall–Kier alpha value is -3.81. The van der Waals surface area contributed by atoms with Crippen LogP contribution in [-0.2, 0) is 28.9 Å². The SMILES string of the molecule is CC(=O)NCC1CN(c2ccc3c(c2)OCCc2cnn(CCc4ccccc4)c2-3)C(=O)O1. The molecular weight excluding hydrogens is 420 g/mol. The predicted octanol–water partition coefficient (Wildman–Crippen LogP) is 3.19. The second-order valence-corrected chi connectivity index (χ2v) is 8.31. The zero-order valence-electron chi connectivity index (χ0n) is 18.5. The summed E-state index contributed by atoms with van der Waals surface area (Å²) in [4.78, 5) is 25.2. The number of hydrogen-bond donors (Lipinski definition) is 1. The van der Waals surface area contributed by atoms with Gasteiger partial charge in [0, 0.05) is 37.1 Å². The Morgan fingerprint density at radius 1 is 1.21 bits per heavy atom. The smallest absolute Gasteiger partial charge is 0.414 e. The second-order valence-electron chi connectivity index (χ2n) is 8.31. The van der Waals surface area contributed by atoms with Crippen LogP contribution in [-0.4, -0.2) is 47.6 Å². The van der Waals surface area contributed by atoms with E-state index in [0.717, 1.165) is 42.0 Å². The van der Waals surface area contributed by atoms with Crippen molar-refractivity contribution in [3.05, 3.63) is 65.9 Å². The summed E-state index contributed by atoms with van der Waals surface area (Å²) in [6, 6.07) is 16.2. The van der Waals surface area contributed by atoms with E-state index in [1.165, 1.54) is 12.5 Å². The van der Waals surface area contributed by atoms with Crippen molar-refractivity contribution in [1.29, 1.82) is 0 Å². The normalized spacial score (nSPS) is 16.9. The predicted molar refractivity (Wildman–Crippen MR) is 123 cm³/mol. The van der Waals surface area contributed by atoms with Gasteiger partial charge >= 0.3 is 6.09 Å². The number of ether oxygens (including phenoxy) is 2. The lowest BCUT2D eigenvalue weighted by Crippen LogP contribution is -2.33. The molecule has 2 aromatic carbocycles. The highest BCUT2D eigenvalue weighted by atomic mass is 16.6. The van der Waals surface area contributed by atoms with E-state index in [-0.39, 0.29) is 12.0 Å². The highest BCUT2D eigenvalue weighted by Gasteiger charge is 2.33. The second kappa shape index (κ2) is 8.97. The van der Waals surface area contributed by atoms with Crippen LogP contribution in [0.5, 0.6) is 5.75 Å². The van der Waals surface area contributed by atoms with Crippen LogP contribution in [0, 0.1) is 0 Å². The van der Waals surface area contributed by atoms with Crippen LogP contribution in [0.4, 0.5) is 10.5 Å². The third kappa shape index (κ3) is 4.41. The zero-order valence-corrected chi connectivity index (χ0v) is 18.5. The highest BCUT2D eigenvalue weighted by molar-refractivity contribution is 5.91. The van der Waals surface area contributed by atoms with E-state index < -0.39 is 6.09 Å². The number of cyclic esters (lactones) is 1. The van der Waals surface area contributed by atoms with Gasteiger partial charge in [0.25, 0.3) is 0 Å². The number of aryl methyl sites for hydroxylation is 2. The summed E-state index contributed by atoms with van der Waals surface area (Å²) in [6.45, 7) is 3.42. The van der Waals surface area contributed by atoms with Gasteiger partial charge in [-0.1, -0.05) is 30.3 Å². The van der Waals surface area contributed by atoms with Crippen molar-refractivity contribution in [3.63, 3.8) is 0 Å². The number of aromatic nitrogens is 2. The first-order chi connectivity index (χ1) is 16.1. The van der Waals surface area contributed by atoms with Gasteiger partial charge in [0.05, 0.1) is 37.3 Å². The first-order valence-electron chi connectivity index (χ1n) is 11.2. The summed E-state index contributed by atoms with van der Waals surface area (Å²) in [5, 5.41) is 7.35. The number of benzene rings is 2. The van der Waals surface area contributed by atoms with Crippen molar-refractivity contribution >= 4 is 17.7 Å². The number of rotatable bonds is 6. The maximum absolute atomic E-state index is 12.4. The molecule has 3 heterocycles. The fourth-order valence-electron chi connectivity index (χ4n) is 4.33. The molecule has 1 N–H and O–H groups in total. The molecule has 8 heteroatoms. The molecule has 170 valence electrons. The summed E-state index contributed by atoms with van der Waals surface area (Å²) < 4.78 is 13.5. The average Bonchev–Trinajstić information content (AvgIpc) is 3.34. The van der Waals surface area contributed by atoms with Crippen molar-refractivity contribution < 1.29 is 19.1 Å². The lowest BCUT2D eigenvalue weighted by atomic mass is 10.0. The van der Waals surface area contributed by atoms with E-state index in [1.807, 2.05) is 47.3 Å². The first-order valence-corrected chi connectivity index (χ1v) is 11.2. The van der Waals surface area contributed by atoms with E-state index in [9.17, 15) is 9.59 Å². The van der Waals surface area contributed by atoms with Gasteiger partial charge in [-0.05, 0) is 24.1 Å². The molecule has 2 amide bonds. The van der Waals surface area contributed by atoms with Crippen molar-refractivity contribution in [2.45, 2.75) is 32.4 Å². The Balaban J connectivity index is 1.38. The van der Waals surface area contributed by atoms with Crippen LogP contribution in [0.3, 0.4) is 0 Å². The molecule has 8 nitrogen and oxygen atoms in total. The van der Waals surface area contributed by atoms with Gasteiger partial charge in [0.15, 0.2) is 0 Å². The van der Waals surface area contributed by atoms with Crippen molar-refractivity contribution in [2.24, 2.45) is 0 Å². The fourth-order valence-corrected chi connectivity index (χ4v) is 4.33. The molecule has 5 rings (SSSR count). The Morgan fingerprint density at radius 3 is 2.88 bits per heavy atom. The molecule has 33 heavy (non-hydrogen) atoms. The van der Waals surface area contributed by atoms with Crippen LogP contribution >= 0.6 is 0 Å². The van der Waals surface area contributed by atoms with Crippen LogP contribution in [0.1, 0.15) is 18.1 Å². The fraction of sp³-hybridized carbons (Fsp3) is 0.320. The minimum Gasteiger partial charge on any atom is -0.492 e. The van der Waals surface area contributed by atoms with Crippen LogP contribution in [0.2, 0.25) is 0 Å². The largest absolute Gasteiger partial charge is 0.492 e. The highest BCUT2D eigenvalue weighted by Crippen LogP contribution is 2.38. The van der Waals surface area contributed by atoms with Crippen LogP contribution in [0.15, 0.2) is 54.7 Å². The van der Waals surface area contributed by atoms with Crippen molar-refractivity contribution in [3.8, 4) is 17.0 Å². The van der Waals surface area contributed by atoms with Crippen molar-refractivity contribution in [2.75, 3.05) is 24.6 Å². The van der Waals surface area contributed by atoms with E-state index >= 15 is 0 Å². The Bertz CT molecular complexity index is 1170. The maximum atomic E-state index is 12.4. The molecule has 0 radical (unpaired) electrons. The number of anilines is 1. The molecule has 1 aromatic heterocycles. The van der Waals surface area contributed by atoms with E-state index in [4.69, 9.17) is 9.47 Å². The molecular formula is C25H26N4O4. The first kappa shape index (κ1) is 21.1. The molecule has 1 atom stereocenters. The molecule has 2 aliphatic heterocycles. The number of nitrogens with zero attached hydrogens (tertiary/aromatic N) is 3. The standard InChI is InChI=1S/C25H26N4O4/c1-17(30)26-15-21-16-28(25(31)33-21)20-7-8-22-23(13-20)32-12-10-19-14-27-29(24(19)22)11-9-18-5-3-2-4-6-18/h2-8,13-14,21H,9-12,15-16H2,1H3,(H,26,30). The quantitative estimate of drug-likeness (QED) is 0.629. The van der Waals surface area contributed by atoms with E-state index in [2.05, 4.69) is 22.5 Å². The summed E-state index contributed by atoms with van der Waals surface area (Å²) in [6.07, 6.45) is 2.78. The molecule has 1 unspecified atom stereocenters. The van der Waals surface area contributed by atoms with Gasteiger partial charge in [0.1, 0.15) is 11.9 Å². The minimum absolute atomic E-state index is 0.150. The molecule has 0 spiro atoms. The minimum atomic E-state index is -0.424. The average molecular weight is 447 g/mol. The van der Waals surface area contributed by atoms with E-state index in [1.54, 1.807) is 4.90 Å². The number of carbonyl (C=O) groups excluding carboxylic acids is 2. The number of hydrogen-bond acceptors (Lipinski definition) is 5. The molecule has 0 aliphatic carbocycles. The van der Waals surface area contributed by atoms with Gasteiger partial charge in [0.2, 0.25) is 5.91 Å². The van der Waals surface area contributed by atoms with Crippen LogP contribution in [0.25, 0.3) is 11.3 Å². The Morgan fingerprint density at radius 2 is 2.06 bits per heavy atom. The lowest BCUT2D eigenvalue weighted by molar-refractivity contribution is -0.119. The number of carbonyl (C=O) groups is 2. The third-order valence-electron chi connectivity index (χ3n) is 5.98. The maximum Gasteiger partial charge on any atom is 0.414 e. The monoisotopic (exact) mass is 446 g/mol. The summed E-state index contributed by atoms with van der Waals surface area (Å²) in [7, 11) is 0. The molecule has 2 aliphatic rings. The third-order valence-corrected chi connectivity index (χ3v) is 5.98. The molecule has 0 saturated carbocycles. The van der Waals surface area contributed by atoms with Gasteiger partial charge in [-0.2, -0.15) is 5.10 Å². The van der Waals surface area contributed by atoms with E-state index in [0.29, 0.717) is 25.4 Å². The van der Waals surface area contributed by atoms with Gasteiger partial charge in [-0.3, -0.25) is 14.4 Å². The Labute approximate surface area is 192 Å². The zero-order chi connectivity index (χ0) is 22.8. The van der Waals surface area contributed by atoms with Gasteiger partial charge < -0.3 is 14.8 Å². The molecule has 0 bridgehead atoms. The Kier molecular flexibility index (Phi) is 5.73. The van der Waals surface area contributed by atoms with Gasteiger partial charge in [-0.15, -0.1) is 0 Å². The number of nitrogens with one attached hydrogen (secondary N) is 1. The lowest BCUT2D eigenvalue weighted by Gasteiger charge is -2.17. The van der Waals surface area contributed by atoms with Crippen molar-refractivity contribution in [1.82, 2.24) is 15.1 Å². The molecule has 1 fully saturated rings. The molecule has 3 aromatic rings. The summed E-state index contributed by atoms with van der Waals surface area (Å²) >= 11 is 0.